The van der Waals surface area contributed by atoms with Crippen LogP contribution in [0.4, 0.5) is 0 Å². The molecule has 1 amide bonds. The molecule has 0 saturated heterocycles. The molecule has 4 nitrogen and oxygen atoms in total. The number of benzene rings is 1. The summed E-state index contributed by atoms with van der Waals surface area (Å²) in [7, 11) is 1.71. The minimum Gasteiger partial charge on any atom is -0.481 e. The summed E-state index contributed by atoms with van der Waals surface area (Å²) >= 11 is 0. The fraction of sp³-hybridized carbons (Fsp3) is 0.467. The summed E-state index contributed by atoms with van der Waals surface area (Å²) in [6.45, 7) is 4.55. The van der Waals surface area contributed by atoms with Crippen molar-refractivity contribution in [2.75, 3.05) is 13.6 Å². The molecule has 1 rings (SSSR count). The summed E-state index contributed by atoms with van der Waals surface area (Å²) in [6, 6.07) is 6.01. The standard InChI is InChI=1S/C15H21NO3/c1-11-6-7-13(9-12(11)2)10-14(17)16(3)8-4-5-15(18)19/h6-7,9H,4-5,8,10H2,1-3H3,(H,18,19). The van der Waals surface area contributed by atoms with Crippen molar-refractivity contribution in [3.63, 3.8) is 0 Å². The van der Waals surface area contributed by atoms with Crippen molar-refractivity contribution in [3.8, 4) is 0 Å². The van der Waals surface area contributed by atoms with Gasteiger partial charge in [-0.1, -0.05) is 18.2 Å². The van der Waals surface area contributed by atoms with Gasteiger partial charge in [0, 0.05) is 20.0 Å². The van der Waals surface area contributed by atoms with Crippen LogP contribution in [0.5, 0.6) is 0 Å². The Labute approximate surface area is 114 Å². The van der Waals surface area contributed by atoms with Crippen LogP contribution in [0.2, 0.25) is 0 Å². The Morgan fingerprint density at radius 2 is 1.89 bits per heavy atom. The second kappa shape index (κ2) is 6.92. The van der Waals surface area contributed by atoms with E-state index in [1.54, 1.807) is 11.9 Å². The number of aliphatic carboxylic acids is 1. The smallest absolute Gasteiger partial charge is 0.303 e. The molecule has 0 aromatic heterocycles. The first-order valence-electron chi connectivity index (χ1n) is 6.42. The van der Waals surface area contributed by atoms with Crippen molar-refractivity contribution in [1.29, 1.82) is 0 Å². The van der Waals surface area contributed by atoms with E-state index in [1.165, 1.54) is 11.1 Å². The lowest BCUT2D eigenvalue weighted by molar-refractivity contribution is -0.138. The lowest BCUT2D eigenvalue weighted by Crippen LogP contribution is -2.29. The number of carboxylic acids is 1. The molecule has 0 aliphatic rings. The highest BCUT2D eigenvalue weighted by Crippen LogP contribution is 2.11. The summed E-state index contributed by atoms with van der Waals surface area (Å²) in [5, 5.41) is 8.55. The van der Waals surface area contributed by atoms with Crippen LogP contribution in [-0.4, -0.2) is 35.5 Å². The third kappa shape index (κ3) is 5.12. The van der Waals surface area contributed by atoms with Gasteiger partial charge in [0.05, 0.1) is 6.42 Å². The molecule has 0 radical (unpaired) electrons. The highest BCUT2D eigenvalue weighted by atomic mass is 16.4. The summed E-state index contributed by atoms with van der Waals surface area (Å²) in [6.07, 6.45) is 0.955. The average Bonchev–Trinajstić information content (AvgIpc) is 2.33. The minimum absolute atomic E-state index is 0.0219. The van der Waals surface area contributed by atoms with E-state index in [1.807, 2.05) is 32.0 Å². The fourth-order valence-corrected chi connectivity index (χ4v) is 1.82. The summed E-state index contributed by atoms with van der Waals surface area (Å²) in [4.78, 5) is 24.0. The zero-order chi connectivity index (χ0) is 14.4. The normalized spacial score (nSPS) is 10.3. The van der Waals surface area contributed by atoms with Crippen molar-refractivity contribution in [2.24, 2.45) is 0 Å². The van der Waals surface area contributed by atoms with E-state index in [2.05, 4.69) is 0 Å². The van der Waals surface area contributed by atoms with E-state index in [4.69, 9.17) is 5.11 Å². The monoisotopic (exact) mass is 263 g/mol. The topological polar surface area (TPSA) is 57.6 Å². The lowest BCUT2D eigenvalue weighted by Gasteiger charge is -2.17. The summed E-state index contributed by atoms with van der Waals surface area (Å²) in [5.41, 5.74) is 3.39. The third-order valence-electron chi connectivity index (χ3n) is 3.24. The van der Waals surface area contributed by atoms with E-state index >= 15 is 0 Å². The van der Waals surface area contributed by atoms with Gasteiger partial charge < -0.3 is 10.0 Å². The molecular formula is C15H21NO3. The van der Waals surface area contributed by atoms with Crippen molar-refractivity contribution in [1.82, 2.24) is 4.90 Å². The second-order valence-corrected chi connectivity index (χ2v) is 4.91. The van der Waals surface area contributed by atoms with Gasteiger partial charge in [-0.3, -0.25) is 9.59 Å². The highest BCUT2D eigenvalue weighted by Gasteiger charge is 2.10. The van der Waals surface area contributed by atoms with Gasteiger partial charge in [-0.15, -0.1) is 0 Å². The van der Waals surface area contributed by atoms with Crippen LogP contribution < -0.4 is 0 Å². The van der Waals surface area contributed by atoms with Gasteiger partial charge in [-0.2, -0.15) is 0 Å². The first-order valence-corrected chi connectivity index (χ1v) is 6.42. The molecule has 0 aliphatic heterocycles. The molecule has 4 heteroatoms. The molecule has 1 N–H and O–H groups in total. The van der Waals surface area contributed by atoms with Crippen LogP contribution in [0.15, 0.2) is 18.2 Å². The van der Waals surface area contributed by atoms with Crippen LogP contribution in [0, 0.1) is 13.8 Å². The molecule has 0 aliphatic carbocycles. The SMILES string of the molecule is Cc1ccc(CC(=O)N(C)CCCC(=O)O)cc1C. The maximum Gasteiger partial charge on any atom is 0.303 e. The number of aryl methyl sites for hydroxylation is 2. The second-order valence-electron chi connectivity index (χ2n) is 4.91. The van der Waals surface area contributed by atoms with Crippen molar-refractivity contribution in [2.45, 2.75) is 33.1 Å². The zero-order valence-electron chi connectivity index (χ0n) is 11.8. The molecule has 0 atom stereocenters. The highest BCUT2D eigenvalue weighted by molar-refractivity contribution is 5.78. The molecule has 0 fully saturated rings. The third-order valence-corrected chi connectivity index (χ3v) is 3.24. The molecule has 0 spiro atoms. The maximum atomic E-state index is 12.0. The number of rotatable bonds is 6. The predicted molar refractivity (Wildman–Crippen MR) is 74.1 cm³/mol. The largest absolute Gasteiger partial charge is 0.481 e. The summed E-state index contributed by atoms with van der Waals surface area (Å²) < 4.78 is 0. The number of hydrogen-bond acceptors (Lipinski definition) is 2. The summed E-state index contributed by atoms with van der Waals surface area (Å²) in [5.74, 6) is -0.802. The fourth-order valence-electron chi connectivity index (χ4n) is 1.82. The van der Waals surface area contributed by atoms with Crippen LogP contribution >= 0.6 is 0 Å². The first kappa shape index (κ1) is 15.2. The Kier molecular flexibility index (Phi) is 5.55. The van der Waals surface area contributed by atoms with Crippen LogP contribution in [0.1, 0.15) is 29.5 Å². The van der Waals surface area contributed by atoms with Crippen molar-refractivity contribution < 1.29 is 14.7 Å². The van der Waals surface area contributed by atoms with E-state index in [9.17, 15) is 9.59 Å². The van der Waals surface area contributed by atoms with Gasteiger partial charge in [0.25, 0.3) is 0 Å². The molecule has 0 unspecified atom stereocenters. The molecule has 0 bridgehead atoms. The molecule has 1 aromatic carbocycles. The van der Waals surface area contributed by atoms with E-state index in [0.29, 0.717) is 19.4 Å². The van der Waals surface area contributed by atoms with Crippen LogP contribution in [-0.2, 0) is 16.0 Å². The van der Waals surface area contributed by atoms with Gasteiger partial charge in [0.2, 0.25) is 5.91 Å². The molecular weight excluding hydrogens is 242 g/mol. The average molecular weight is 263 g/mol. The van der Waals surface area contributed by atoms with Crippen LogP contribution in [0.3, 0.4) is 0 Å². The molecule has 104 valence electrons. The number of carboxylic acid groups (broad SMARTS) is 1. The Morgan fingerprint density at radius 1 is 1.21 bits per heavy atom. The molecule has 0 saturated carbocycles. The Balaban J connectivity index is 2.49. The van der Waals surface area contributed by atoms with Gasteiger partial charge in [-0.05, 0) is 37.0 Å². The van der Waals surface area contributed by atoms with Gasteiger partial charge in [0.15, 0.2) is 0 Å². The molecule has 0 heterocycles. The number of likely N-dealkylation sites (N-methyl/N-ethyl adjacent to an activating group) is 1. The van der Waals surface area contributed by atoms with Gasteiger partial charge >= 0.3 is 5.97 Å². The number of nitrogens with zero attached hydrogens (tertiary/aromatic N) is 1. The number of carbonyl (C=O) groups is 2. The van der Waals surface area contributed by atoms with Gasteiger partial charge in [0.1, 0.15) is 0 Å². The van der Waals surface area contributed by atoms with E-state index in [-0.39, 0.29) is 12.3 Å². The van der Waals surface area contributed by atoms with Crippen molar-refractivity contribution >= 4 is 11.9 Å². The quantitative estimate of drug-likeness (QED) is 0.855. The first-order chi connectivity index (χ1) is 8.90. The molecule has 1 aromatic rings. The van der Waals surface area contributed by atoms with Gasteiger partial charge in [-0.25, -0.2) is 0 Å². The lowest BCUT2D eigenvalue weighted by atomic mass is 10.0. The Hall–Kier alpha value is -1.84. The number of hydrogen-bond donors (Lipinski definition) is 1. The number of amides is 1. The minimum atomic E-state index is -0.824. The molecule has 19 heavy (non-hydrogen) atoms. The Morgan fingerprint density at radius 3 is 2.47 bits per heavy atom. The van der Waals surface area contributed by atoms with Crippen LogP contribution in [0.25, 0.3) is 0 Å². The van der Waals surface area contributed by atoms with Crippen molar-refractivity contribution in [3.05, 3.63) is 34.9 Å². The maximum absolute atomic E-state index is 12.0. The predicted octanol–water partition coefficient (Wildman–Crippen LogP) is 2.17. The van der Waals surface area contributed by atoms with E-state index < -0.39 is 5.97 Å². The number of carbonyl (C=O) groups excluding carboxylic acids is 1. The van der Waals surface area contributed by atoms with E-state index in [0.717, 1.165) is 5.56 Å². The zero-order valence-corrected chi connectivity index (χ0v) is 11.8. The Bertz CT molecular complexity index is 468.